The van der Waals surface area contributed by atoms with Gasteiger partial charge in [-0.25, -0.2) is 4.79 Å². The van der Waals surface area contributed by atoms with Gasteiger partial charge in [-0.15, -0.1) is 0 Å². The molecule has 0 spiro atoms. The number of halogens is 2. The van der Waals surface area contributed by atoms with Crippen molar-refractivity contribution in [3.8, 4) is 5.75 Å². The van der Waals surface area contributed by atoms with Gasteiger partial charge in [0.15, 0.2) is 0 Å². The molecule has 0 aromatic heterocycles. The Hall–Kier alpha value is -1.57. The summed E-state index contributed by atoms with van der Waals surface area (Å²) in [5.41, 5.74) is 10.1. The van der Waals surface area contributed by atoms with Gasteiger partial charge in [0.2, 0.25) is 5.91 Å². The van der Waals surface area contributed by atoms with Gasteiger partial charge in [0.05, 0.1) is 17.0 Å². The molecule has 102 valence electrons. The number of nitrogens with two attached hydrogens (primary N) is 2. The lowest BCUT2D eigenvalue weighted by atomic mass is 10.1. The molecule has 3 amide bonds. The molecule has 1 aromatic rings. The Morgan fingerprint density at radius 2 is 1.95 bits per heavy atom. The van der Waals surface area contributed by atoms with Crippen molar-refractivity contribution in [2.75, 3.05) is 0 Å². The van der Waals surface area contributed by atoms with Crippen molar-refractivity contribution < 1.29 is 14.7 Å². The normalized spacial score (nSPS) is 10.0. The first-order chi connectivity index (χ1) is 8.73. The Labute approximate surface area is 123 Å². The second-order valence-electron chi connectivity index (χ2n) is 3.51. The van der Waals surface area contributed by atoms with E-state index in [2.05, 4.69) is 5.32 Å². The summed E-state index contributed by atoms with van der Waals surface area (Å²) in [4.78, 5) is 21.5. The molecule has 1 aromatic carbocycles. The number of hydrogen-bond donors (Lipinski definition) is 4. The largest absolute Gasteiger partial charge is 0.507 e. The van der Waals surface area contributed by atoms with Gasteiger partial charge in [-0.05, 0) is 11.6 Å². The number of thiocarbonyl (C=S) groups is 1. The topological polar surface area (TPSA) is 118 Å². The van der Waals surface area contributed by atoms with Crippen LogP contribution in [0.25, 0.3) is 0 Å². The summed E-state index contributed by atoms with van der Waals surface area (Å²) in [7, 11) is 0. The molecular formula is C10H9Cl2N3O3S. The Kier molecular flexibility index (Phi) is 4.93. The summed E-state index contributed by atoms with van der Waals surface area (Å²) in [5.74, 6) is -1.00. The highest BCUT2D eigenvalue weighted by Gasteiger charge is 2.20. The zero-order valence-electron chi connectivity index (χ0n) is 9.37. The molecule has 19 heavy (non-hydrogen) atoms. The van der Waals surface area contributed by atoms with E-state index < -0.39 is 11.9 Å². The summed E-state index contributed by atoms with van der Waals surface area (Å²) >= 11 is 16.7. The van der Waals surface area contributed by atoms with E-state index in [-0.39, 0.29) is 38.3 Å². The van der Waals surface area contributed by atoms with Crippen molar-refractivity contribution in [3.05, 3.63) is 27.2 Å². The monoisotopic (exact) mass is 321 g/mol. The van der Waals surface area contributed by atoms with Crippen molar-refractivity contribution in [2.45, 2.75) is 6.42 Å². The molecular weight excluding hydrogens is 313 g/mol. The number of phenolic OH excluding ortho intramolecular Hbond substituents is 1. The van der Waals surface area contributed by atoms with Gasteiger partial charge in [-0.2, -0.15) is 0 Å². The third-order valence-electron chi connectivity index (χ3n) is 2.11. The number of carbonyl (C=O) groups excluding carboxylic acids is 2. The van der Waals surface area contributed by atoms with Crippen LogP contribution in [0.15, 0.2) is 6.07 Å². The van der Waals surface area contributed by atoms with E-state index in [0.29, 0.717) is 0 Å². The molecule has 0 unspecified atom stereocenters. The molecule has 0 fully saturated rings. The maximum atomic E-state index is 10.9. The number of nitrogens with one attached hydrogen (secondary N) is 1. The summed E-state index contributed by atoms with van der Waals surface area (Å²) in [6.07, 6.45) is -0.232. The van der Waals surface area contributed by atoms with E-state index in [4.69, 9.17) is 46.9 Å². The Balaban J connectivity index is 3.36. The van der Waals surface area contributed by atoms with Gasteiger partial charge in [0.1, 0.15) is 10.7 Å². The average molecular weight is 322 g/mol. The van der Waals surface area contributed by atoms with Crippen LogP contribution in [0.1, 0.15) is 11.1 Å². The van der Waals surface area contributed by atoms with Gasteiger partial charge < -0.3 is 16.6 Å². The molecule has 0 aliphatic carbocycles. The van der Waals surface area contributed by atoms with E-state index in [1.54, 1.807) is 0 Å². The molecule has 0 radical (unpaired) electrons. The van der Waals surface area contributed by atoms with Crippen molar-refractivity contribution in [1.29, 1.82) is 0 Å². The number of aromatic hydroxyl groups is 1. The predicted molar refractivity (Wildman–Crippen MR) is 75.4 cm³/mol. The van der Waals surface area contributed by atoms with Crippen LogP contribution in [0.5, 0.6) is 5.75 Å². The molecule has 1 rings (SSSR count). The third-order valence-corrected chi connectivity index (χ3v) is 3.17. The summed E-state index contributed by atoms with van der Waals surface area (Å²) in [5, 5.41) is 11.9. The number of urea groups is 1. The summed E-state index contributed by atoms with van der Waals surface area (Å²) in [6, 6.07) is 0.239. The number of carbonyl (C=O) groups is 2. The molecule has 0 saturated carbocycles. The van der Waals surface area contributed by atoms with Crippen molar-refractivity contribution >= 4 is 52.3 Å². The van der Waals surface area contributed by atoms with Crippen LogP contribution in [-0.2, 0) is 11.2 Å². The van der Waals surface area contributed by atoms with Crippen LogP contribution >= 0.6 is 35.4 Å². The highest BCUT2D eigenvalue weighted by atomic mass is 35.5. The highest BCUT2D eigenvalue weighted by molar-refractivity contribution is 7.80. The van der Waals surface area contributed by atoms with E-state index in [9.17, 15) is 14.7 Å². The summed E-state index contributed by atoms with van der Waals surface area (Å²) in [6.45, 7) is 0. The smallest absolute Gasteiger partial charge is 0.317 e. The molecule has 0 atom stereocenters. The number of benzene rings is 1. The number of phenols is 1. The van der Waals surface area contributed by atoms with Crippen LogP contribution in [0, 0.1) is 0 Å². The lowest BCUT2D eigenvalue weighted by molar-refractivity contribution is -0.117. The van der Waals surface area contributed by atoms with E-state index >= 15 is 0 Å². The van der Waals surface area contributed by atoms with Crippen molar-refractivity contribution in [3.63, 3.8) is 0 Å². The molecule has 9 heteroatoms. The fraction of sp³-hybridized carbons (Fsp3) is 0.100. The molecule has 0 saturated heterocycles. The fourth-order valence-electron chi connectivity index (χ4n) is 1.37. The number of amides is 3. The van der Waals surface area contributed by atoms with E-state index in [1.807, 2.05) is 0 Å². The molecule has 0 bridgehead atoms. The van der Waals surface area contributed by atoms with Crippen molar-refractivity contribution in [2.24, 2.45) is 11.5 Å². The molecule has 0 aliphatic heterocycles. The Morgan fingerprint density at radius 1 is 1.37 bits per heavy atom. The second-order valence-corrected chi connectivity index (χ2v) is 4.70. The van der Waals surface area contributed by atoms with Gasteiger partial charge in [-0.3, -0.25) is 10.1 Å². The zero-order chi connectivity index (χ0) is 14.7. The first-order valence-electron chi connectivity index (χ1n) is 4.83. The average Bonchev–Trinajstić information content (AvgIpc) is 2.22. The van der Waals surface area contributed by atoms with Gasteiger partial charge in [-0.1, -0.05) is 35.4 Å². The second kappa shape index (κ2) is 6.05. The van der Waals surface area contributed by atoms with Crippen LogP contribution in [0.2, 0.25) is 10.0 Å². The predicted octanol–water partition coefficient (Wildman–Crippen LogP) is 1.07. The van der Waals surface area contributed by atoms with Crippen LogP contribution < -0.4 is 16.8 Å². The Bertz CT molecular complexity index is 578. The lowest BCUT2D eigenvalue weighted by Gasteiger charge is -2.13. The molecule has 6 N–H and O–H groups in total. The summed E-state index contributed by atoms with van der Waals surface area (Å²) < 4.78 is 0. The molecule has 0 heterocycles. The fourth-order valence-corrected chi connectivity index (χ4v) is 2.41. The maximum absolute atomic E-state index is 10.9. The third kappa shape index (κ3) is 3.69. The van der Waals surface area contributed by atoms with E-state index in [0.717, 1.165) is 6.07 Å². The van der Waals surface area contributed by atoms with Gasteiger partial charge >= 0.3 is 6.03 Å². The zero-order valence-corrected chi connectivity index (χ0v) is 11.7. The SMILES string of the molecule is NC(=O)Cc1c(Cl)cc(O)c(C(=S)NC(N)=O)c1Cl. The minimum absolute atomic E-state index is 0.0453. The number of hydrogen-bond acceptors (Lipinski definition) is 4. The lowest BCUT2D eigenvalue weighted by Crippen LogP contribution is -2.34. The first kappa shape index (κ1) is 15.5. The van der Waals surface area contributed by atoms with Crippen LogP contribution in [0.4, 0.5) is 4.79 Å². The standard InChI is InChI=1S/C10H9Cl2N3O3S/c11-4-2-5(16)7(9(19)15-10(14)18)8(12)3(4)1-6(13)17/h2,16H,1H2,(H2,13,17)(H3,14,15,18,19). The van der Waals surface area contributed by atoms with E-state index in [1.165, 1.54) is 0 Å². The number of primary amides is 2. The Morgan fingerprint density at radius 3 is 2.42 bits per heavy atom. The highest BCUT2D eigenvalue weighted by Crippen LogP contribution is 2.35. The minimum atomic E-state index is -0.910. The minimum Gasteiger partial charge on any atom is -0.507 e. The van der Waals surface area contributed by atoms with Gasteiger partial charge in [0, 0.05) is 5.02 Å². The maximum Gasteiger partial charge on any atom is 0.317 e. The molecule has 6 nitrogen and oxygen atoms in total. The van der Waals surface area contributed by atoms with Crippen molar-refractivity contribution in [1.82, 2.24) is 5.32 Å². The van der Waals surface area contributed by atoms with Crippen LogP contribution in [0.3, 0.4) is 0 Å². The molecule has 0 aliphatic rings. The van der Waals surface area contributed by atoms with Gasteiger partial charge in [0.25, 0.3) is 0 Å². The quantitative estimate of drug-likeness (QED) is 0.622. The van der Waals surface area contributed by atoms with Crippen LogP contribution in [-0.4, -0.2) is 22.0 Å². The first-order valence-corrected chi connectivity index (χ1v) is 5.99. The number of rotatable bonds is 3.